The number of carbonyl (C=O) groups is 1. The highest BCUT2D eigenvalue weighted by Gasteiger charge is 2.39. The molecule has 1 fully saturated rings. The quantitative estimate of drug-likeness (QED) is 0.798. The molecule has 3 aromatic rings. The second kappa shape index (κ2) is 6.16. The second-order valence-electron chi connectivity index (χ2n) is 6.54. The van der Waals surface area contributed by atoms with Gasteiger partial charge in [-0.2, -0.15) is 5.10 Å². The molecule has 1 aliphatic rings. The average Bonchev–Trinajstić information content (AvgIpc) is 2.61. The van der Waals surface area contributed by atoms with Gasteiger partial charge in [-0.25, -0.2) is 4.68 Å². The molecule has 0 radical (unpaired) electrons. The van der Waals surface area contributed by atoms with Crippen LogP contribution in [0, 0.1) is 0 Å². The fourth-order valence-electron chi connectivity index (χ4n) is 3.46. The summed E-state index contributed by atoms with van der Waals surface area (Å²) in [5, 5.41) is 8.62. The normalized spacial score (nSPS) is 15.5. The predicted octanol–water partition coefficient (Wildman–Crippen LogP) is 2.59. The lowest BCUT2D eigenvalue weighted by molar-refractivity contribution is -0.125. The number of rotatable bonds is 4. The SMILES string of the molecule is O=C(Cn1ncc2ccccc2c1=O)NC1(c2ccccc2)CCC1. The van der Waals surface area contributed by atoms with Gasteiger partial charge in [-0.3, -0.25) is 9.59 Å². The van der Waals surface area contributed by atoms with Crippen molar-refractivity contribution in [1.82, 2.24) is 15.1 Å². The fraction of sp³-hybridized carbons (Fsp3) is 0.250. The molecule has 0 atom stereocenters. The Morgan fingerprint density at radius 1 is 1.08 bits per heavy atom. The van der Waals surface area contributed by atoms with Gasteiger partial charge in [-0.15, -0.1) is 0 Å². The number of amides is 1. The summed E-state index contributed by atoms with van der Waals surface area (Å²) in [6.45, 7) is -0.0712. The summed E-state index contributed by atoms with van der Waals surface area (Å²) in [5.41, 5.74) is 0.572. The molecule has 126 valence electrons. The highest BCUT2D eigenvalue weighted by atomic mass is 16.2. The lowest BCUT2D eigenvalue weighted by Gasteiger charge is -2.43. The number of benzene rings is 2. The Labute approximate surface area is 145 Å². The predicted molar refractivity (Wildman–Crippen MR) is 96.1 cm³/mol. The first-order chi connectivity index (χ1) is 12.2. The summed E-state index contributed by atoms with van der Waals surface area (Å²) >= 11 is 0. The van der Waals surface area contributed by atoms with Crippen molar-refractivity contribution in [3.8, 4) is 0 Å². The van der Waals surface area contributed by atoms with Gasteiger partial charge < -0.3 is 5.32 Å². The third-order valence-electron chi connectivity index (χ3n) is 4.97. The van der Waals surface area contributed by atoms with E-state index in [4.69, 9.17) is 0 Å². The Hall–Kier alpha value is -2.95. The molecule has 2 aromatic carbocycles. The maximum atomic E-state index is 12.6. The Kier molecular flexibility index (Phi) is 3.84. The lowest BCUT2D eigenvalue weighted by atomic mass is 9.72. The summed E-state index contributed by atoms with van der Waals surface area (Å²) in [4.78, 5) is 25.1. The molecule has 0 spiro atoms. The molecule has 25 heavy (non-hydrogen) atoms. The molecule has 1 N–H and O–H groups in total. The molecule has 4 rings (SSSR count). The third-order valence-corrected chi connectivity index (χ3v) is 4.97. The standard InChI is InChI=1S/C20H19N3O2/c24-18(22-20(11-6-12-20)16-8-2-1-3-9-16)14-23-19(25)17-10-5-4-7-15(17)13-21-23/h1-5,7-10,13H,6,11-12,14H2,(H,22,24). The van der Waals surface area contributed by atoms with Crippen molar-refractivity contribution >= 4 is 16.7 Å². The van der Waals surface area contributed by atoms with E-state index >= 15 is 0 Å². The molecule has 1 saturated carbocycles. The maximum absolute atomic E-state index is 12.6. The van der Waals surface area contributed by atoms with Crippen molar-refractivity contribution in [2.24, 2.45) is 0 Å². The minimum absolute atomic E-state index is 0.0712. The number of hydrogen-bond donors (Lipinski definition) is 1. The van der Waals surface area contributed by atoms with E-state index in [1.807, 2.05) is 48.5 Å². The van der Waals surface area contributed by atoms with Crippen molar-refractivity contribution in [3.05, 3.63) is 76.7 Å². The zero-order valence-corrected chi connectivity index (χ0v) is 13.8. The molecule has 5 nitrogen and oxygen atoms in total. The first-order valence-corrected chi connectivity index (χ1v) is 8.49. The zero-order valence-electron chi connectivity index (χ0n) is 13.8. The molecule has 0 bridgehead atoms. The van der Waals surface area contributed by atoms with Crippen molar-refractivity contribution in [2.75, 3.05) is 0 Å². The Balaban J connectivity index is 1.57. The van der Waals surface area contributed by atoms with Crippen LogP contribution in [0.2, 0.25) is 0 Å². The second-order valence-corrected chi connectivity index (χ2v) is 6.54. The van der Waals surface area contributed by atoms with Crippen molar-refractivity contribution in [3.63, 3.8) is 0 Å². The topological polar surface area (TPSA) is 64.0 Å². The number of hydrogen-bond acceptors (Lipinski definition) is 3. The number of nitrogens with one attached hydrogen (secondary N) is 1. The van der Waals surface area contributed by atoms with Crippen LogP contribution in [0.15, 0.2) is 65.6 Å². The van der Waals surface area contributed by atoms with E-state index in [-0.39, 0.29) is 23.6 Å². The molecular weight excluding hydrogens is 314 g/mol. The minimum atomic E-state index is -0.307. The van der Waals surface area contributed by atoms with Crippen molar-refractivity contribution in [2.45, 2.75) is 31.3 Å². The molecule has 0 unspecified atom stereocenters. The minimum Gasteiger partial charge on any atom is -0.345 e. The summed E-state index contributed by atoms with van der Waals surface area (Å²) in [6.07, 6.45) is 4.55. The molecule has 0 saturated heterocycles. The van der Waals surface area contributed by atoms with Crippen molar-refractivity contribution in [1.29, 1.82) is 0 Å². The molecule has 1 heterocycles. The zero-order chi connectivity index (χ0) is 17.3. The van der Waals surface area contributed by atoms with E-state index in [1.54, 1.807) is 12.3 Å². The highest BCUT2D eigenvalue weighted by molar-refractivity contribution is 5.81. The van der Waals surface area contributed by atoms with E-state index in [2.05, 4.69) is 10.4 Å². The van der Waals surface area contributed by atoms with E-state index in [0.717, 1.165) is 30.2 Å². The van der Waals surface area contributed by atoms with E-state index in [1.165, 1.54) is 4.68 Å². The summed E-state index contributed by atoms with van der Waals surface area (Å²) < 4.78 is 1.23. The van der Waals surface area contributed by atoms with Gasteiger partial charge in [0.1, 0.15) is 6.54 Å². The van der Waals surface area contributed by atoms with Gasteiger partial charge in [-0.05, 0) is 30.9 Å². The molecule has 1 aliphatic carbocycles. The van der Waals surface area contributed by atoms with Gasteiger partial charge in [0, 0.05) is 5.39 Å². The monoisotopic (exact) mass is 333 g/mol. The van der Waals surface area contributed by atoms with E-state index in [9.17, 15) is 9.59 Å². The molecular formula is C20H19N3O2. The summed E-state index contributed by atoms with van der Waals surface area (Å²) in [7, 11) is 0. The number of aromatic nitrogens is 2. The smallest absolute Gasteiger partial charge is 0.275 e. The van der Waals surface area contributed by atoms with Gasteiger partial charge in [0.2, 0.25) is 5.91 Å². The largest absolute Gasteiger partial charge is 0.345 e. The Bertz CT molecular complexity index is 975. The molecule has 0 aliphatic heterocycles. The number of nitrogens with zero attached hydrogens (tertiary/aromatic N) is 2. The maximum Gasteiger partial charge on any atom is 0.275 e. The van der Waals surface area contributed by atoms with Gasteiger partial charge in [0.25, 0.3) is 5.56 Å². The third kappa shape index (κ3) is 2.82. The molecule has 1 amide bonds. The van der Waals surface area contributed by atoms with E-state index in [0.29, 0.717) is 5.39 Å². The average molecular weight is 333 g/mol. The Morgan fingerprint density at radius 2 is 1.80 bits per heavy atom. The van der Waals surface area contributed by atoms with Crippen LogP contribution >= 0.6 is 0 Å². The summed E-state index contributed by atoms with van der Waals surface area (Å²) in [6, 6.07) is 17.3. The molecule has 5 heteroatoms. The van der Waals surface area contributed by atoms with Gasteiger partial charge in [0.05, 0.1) is 17.1 Å². The van der Waals surface area contributed by atoms with Crippen LogP contribution < -0.4 is 10.9 Å². The van der Waals surface area contributed by atoms with Crippen LogP contribution in [0.1, 0.15) is 24.8 Å². The van der Waals surface area contributed by atoms with Crippen LogP contribution in [0.3, 0.4) is 0 Å². The van der Waals surface area contributed by atoms with Crippen LogP contribution in [0.25, 0.3) is 10.8 Å². The van der Waals surface area contributed by atoms with Crippen LogP contribution in [0.4, 0.5) is 0 Å². The lowest BCUT2D eigenvalue weighted by Crippen LogP contribution is -2.52. The van der Waals surface area contributed by atoms with Gasteiger partial charge in [-0.1, -0.05) is 48.5 Å². The van der Waals surface area contributed by atoms with Crippen LogP contribution in [0.5, 0.6) is 0 Å². The first-order valence-electron chi connectivity index (χ1n) is 8.49. The summed E-state index contributed by atoms with van der Waals surface area (Å²) in [5.74, 6) is -0.187. The van der Waals surface area contributed by atoms with Gasteiger partial charge in [0.15, 0.2) is 0 Å². The first kappa shape index (κ1) is 15.6. The Morgan fingerprint density at radius 3 is 2.52 bits per heavy atom. The number of carbonyl (C=O) groups excluding carboxylic acids is 1. The van der Waals surface area contributed by atoms with Crippen LogP contribution in [-0.2, 0) is 16.9 Å². The van der Waals surface area contributed by atoms with E-state index < -0.39 is 0 Å². The highest BCUT2D eigenvalue weighted by Crippen LogP contribution is 2.41. The molecule has 1 aromatic heterocycles. The van der Waals surface area contributed by atoms with Gasteiger partial charge >= 0.3 is 0 Å². The number of fused-ring (bicyclic) bond motifs is 1. The fourth-order valence-corrected chi connectivity index (χ4v) is 3.46. The van der Waals surface area contributed by atoms with Crippen molar-refractivity contribution < 1.29 is 4.79 Å². The van der Waals surface area contributed by atoms with Crippen LogP contribution in [-0.4, -0.2) is 15.7 Å².